The van der Waals surface area contributed by atoms with Gasteiger partial charge in [-0.05, 0) is 94.9 Å². The predicted octanol–water partition coefficient (Wildman–Crippen LogP) is 12.5. The van der Waals surface area contributed by atoms with E-state index < -0.39 is 33.4 Å². The third kappa shape index (κ3) is 11.9. The molecule has 13 heteroatoms. The van der Waals surface area contributed by atoms with E-state index in [1.165, 1.54) is 12.8 Å². The van der Waals surface area contributed by atoms with Gasteiger partial charge in [0.25, 0.3) is 0 Å². The first-order chi connectivity index (χ1) is 27.4. The molecule has 2 atom stereocenters. The monoisotopic (exact) mass is 843 g/mol. The fraction of sp³-hybridized carbons (Fsp3) is 0.600. The summed E-state index contributed by atoms with van der Waals surface area (Å²) in [4.78, 5) is 24.6. The summed E-state index contributed by atoms with van der Waals surface area (Å²) in [6.45, 7) is 23.3. The zero-order valence-electron chi connectivity index (χ0n) is 37.4. The maximum Gasteiger partial charge on any atom is 0.412 e. The second-order valence-corrected chi connectivity index (χ2v) is 22.1. The summed E-state index contributed by atoms with van der Waals surface area (Å²) in [6, 6.07) is 2.37. The topological polar surface area (TPSA) is 109 Å². The molecule has 0 spiro atoms. The molecule has 0 aliphatic carbocycles. The molecule has 322 valence electrons. The molecule has 4 heterocycles. The highest BCUT2D eigenvalue weighted by atomic mass is 32.3. The Hall–Kier alpha value is -3.73. The summed E-state index contributed by atoms with van der Waals surface area (Å²) >= 11 is 0.875. The Kier molecular flexibility index (Phi) is 18.0. The van der Waals surface area contributed by atoms with Crippen molar-refractivity contribution < 1.29 is 27.8 Å². The fourth-order valence-corrected chi connectivity index (χ4v) is 8.11. The van der Waals surface area contributed by atoms with Gasteiger partial charge in [-0.3, -0.25) is 10.3 Å². The molecule has 1 N–H and O–H groups in total. The van der Waals surface area contributed by atoms with Crippen LogP contribution in [0.4, 0.5) is 18.6 Å². The first kappa shape index (κ1) is 48.6. The molecule has 58 heavy (non-hydrogen) atoms. The predicted molar refractivity (Wildman–Crippen MR) is 240 cm³/mol. The minimum Gasteiger partial charge on any atom is -0.476 e. The zero-order valence-corrected chi connectivity index (χ0v) is 39.0. The van der Waals surface area contributed by atoms with E-state index in [4.69, 9.17) is 19.2 Å². The molecule has 1 aromatic carbocycles. The number of carbonyl (C=O) groups excluding carboxylic acids is 1. The third-order valence-corrected chi connectivity index (χ3v) is 12.4. The van der Waals surface area contributed by atoms with Gasteiger partial charge < -0.3 is 19.1 Å². The van der Waals surface area contributed by atoms with Gasteiger partial charge in [0.05, 0.1) is 42.0 Å². The number of fused-ring (bicyclic) bond motifs is 2. The van der Waals surface area contributed by atoms with E-state index >= 15 is 8.78 Å². The van der Waals surface area contributed by atoms with Gasteiger partial charge in [0.15, 0.2) is 5.82 Å². The number of thiophene rings is 1. The molecule has 3 aromatic rings. The van der Waals surface area contributed by atoms with E-state index in [1.807, 2.05) is 13.8 Å². The molecule has 5 rings (SSSR count). The van der Waals surface area contributed by atoms with Crippen LogP contribution in [0.5, 0.6) is 0 Å². The van der Waals surface area contributed by atoms with Crippen LogP contribution in [0.3, 0.4) is 0 Å². The van der Waals surface area contributed by atoms with Gasteiger partial charge in [0.2, 0.25) is 5.90 Å². The lowest BCUT2D eigenvalue weighted by atomic mass is 9.89. The van der Waals surface area contributed by atoms with E-state index in [0.29, 0.717) is 40.7 Å². The second kappa shape index (κ2) is 21.5. The Balaban J connectivity index is 0.00000141. The maximum atomic E-state index is 17.2. The van der Waals surface area contributed by atoms with Crippen molar-refractivity contribution in [1.29, 1.82) is 5.26 Å². The molecular formula is C45H67F2N5O4S2. The smallest absolute Gasteiger partial charge is 0.412 e. The quantitative estimate of drug-likeness (QED) is 0.151. The number of unbranched alkanes of at least 4 members (excludes halogenated alkanes) is 2. The summed E-state index contributed by atoms with van der Waals surface area (Å²) in [7, 11) is -0.897. The number of allylic oxidation sites excluding steroid dienone is 1. The van der Waals surface area contributed by atoms with Crippen molar-refractivity contribution in [3.63, 3.8) is 0 Å². The second-order valence-electron chi connectivity index (χ2n) is 16.5. The van der Waals surface area contributed by atoms with Crippen LogP contribution in [0.15, 0.2) is 23.1 Å². The molecule has 1 fully saturated rings. The van der Waals surface area contributed by atoms with Crippen molar-refractivity contribution in [1.82, 2.24) is 9.88 Å². The molecule has 0 radical (unpaired) electrons. The average Bonchev–Trinajstić information content (AvgIpc) is 3.88. The van der Waals surface area contributed by atoms with E-state index in [0.717, 1.165) is 54.9 Å². The highest BCUT2D eigenvalue weighted by Crippen LogP contribution is 2.46. The summed E-state index contributed by atoms with van der Waals surface area (Å²) in [5.41, 5.74) is 1.47. The van der Waals surface area contributed by atoms with Crippen molar-refractivity contribution >= 4 is 48.4 Å². The minimum absolute atomic E-state index is 0.0309. The number of carbonyl (C=O) groups is 1. The van der Waals surface area contributed by atoms with E-state index in [1.54, 1.807) is 27.7 Å². The Labute approximate surface area is 352 Å². The molecule has 0 saturated carbocycles. The van der Waals surface area contributed by atoms with Gasteiger partial charge in [-0.2, -0.15) is 10.3 Å². The summed E-state index contributed by atoms with van der Waals surface area (Å²) in [6.07, 6.45) is 14.5. The average molecular weight is 844 g/mol. The lowest BCUT2D eigenvalue weighted by molar-refractivity contribution is 0.0636. The number of hydrogen-bond acceptors (Lipinski definition) is 9. The number of likely N-dealkylation sites (tertiary alicyclic amines) is 1. The summed E-state index contributed by atoms with van der Waals surface area (Å²) in [5, 5.41) is 13.1. The van der Waals surface area contributed by atoms with Gasteiger partial charge in [0, 0.05) is 34.9 Å². The van der Waals surface area contributed by atoms with Crippen LogP contribution in [0, 0.1) is 35.8 Å². The van der Waals surface area contributed by atoms with Crippen molar-refractivity contribution in [3.8, 4) is 17.3 Å². The number of nitrogens with one attached hydrogen (secondary N) is 1. The molecule has 2 unspecified atom stereocenters. The highest BCUT2D eigenvalue weighted by molar-refractivity contribution is 8.32. The number of rotatable bonds is 11. The van der Waals surface area contributed by atoms with Crippen LogP contribution >= 0.6 is 21.4 Å². The number of nitriles is 1. The number of amides is 1. The molecule has 2 aliphatic rings. The van der Waals surface area contributed by atoms with Crippen LogP contribution in [-0.2, 0) is 27.4 Å². The molecule has 1 amide bonds. The normalized spacial score (nSPS) is 17.2. The number of pyridine rings is 1. The largest absolute Gasteiger partial charge is 0.476 e. The van der Waals surface area contributed by atoms with Crippen molar-refractivity contribution in [2.45, 2.75) is 133 Å². The van der Waals surface area contributed by atoms with E-state index in [9.17, 15) is 10.1 Å². The molecule has 2 aromatic heterocycles. The Morgan fingerprint density at radius 2 is 1.79 bits per heavy atom. The fourth-order valence-electron chi connectivity index (χ4n) is 6.49. The summed E-state index contributed by atoms with van der Waals surface area (Å²) < 4.78 is 50.6. The van der Waals surface area contributed by atoms with Crippen molar-refractivity contribution in [3.05, 3.63) is 57.5 Å². The number of anilines is 1. The van der Waals surface area contributed by atoms with Crippen molar-refractivity contribution in [2.24, 2.45) is 10.9 Å². The summed E-state index contributed by atoms with van der Waals surface area (Å²) in [5.74, 6) is 1.22. The van der Waals surface area contributed by atoms with Gasteiger partial charge in [-0.25, -0.2) is 23.6 Å². The lowest BCUT2D eigenvalue weighted by Gasteiger charge is -2.28. The molecule has 2 aliphatic heterocycles. The number of nitrogens with zero attached hydrogens (tertiary/aromatic N) is 4. The lowest BCUT2D eigenvalue weighted by Crippen LogP contribution is -2.29. The molecule has 9 nitrogen and oxygen atoms in total. The standard InChI is InChI=1S/C39H51F2N5O4S2.C4H10.C2H6/c1-11-12-13-29(46-15-14-22(2)24(46)4)44-36(49-16-17-52(8,9)10)30-23(3)33(41)31(27-21-48-20-26(27)30)34-32-25(18-42)37(45-38(47)50-39(5,6)7)51-35(32)28(40)19-43-34;1-3-4-2;1-2/h13,19,22,24H,11-12,14-17,20-21H2,1-10H3,(H,45,47);3-4H2,1-2H3;1-2H3/b29-13-,44-36+;;. The van der Waals surface area contributed by atoms with Gasteiger partial charge in [-0.15, -0.1) is 11.3 Å². The Bertz CT molecular complexity index is 1990. The van der Waals surface area contributed by atoms with Gasteiger partial charge in [-0.1, -0.05) is 60.8 Å². The van der Waals surface area contributed by atoms with Crippen molar-refractivity contribution in [2.75, 3.05) is 43.0 Å². The van der Waals surface area contributed by atoms with Crippen LogP contribution in [-0.4, -0.2) is 71.2 Å². The Morgan fingerprint density at radius 3 is 2.34 bits per heavy atom. The third-order valence-electron chi connectivity index (χ3n) is 9.93. The number of aliphatic imine (C=N–C) groups is 1. The number of halogens is 2. The molecule has 0 bridgehead atoms. The Morgan fingerprint density at radius 1 is 1.14 bits per heavy atom. The van der Waals surface area contributed by atoms with Crippen LogP contribution in [0.2, 0.25) is 0 Å². The van der Waals surface area contributed by atoms with Crippen LogP contribution < -0.4 is 5.32 Å². The van der Waals surface area contributed by atoms with Crippen LogP contribution in [0.1, 0.15) is 129 Å². The number of ether oxygens (including phenoxy) is 3. The van der Waals surface area contributed by atoms with E-state index in [2.05, 4.69) is 80.7 Å². The van der Waals surface area contributed by atoms with Crippen LogP contribution in [0.25, 0.3) is 21.3 Å². The molecular weight excluding hydrogens is 777 g/mol. The minimum atomic E-state index is -0.897. The van der Waals surface area contributed by atoms with Gasteiger partial charge >= 0.3 is 6.09 Å². The number of benzene rings is 1. The SMILES string of the molecule is CC.CCC/C=C(/N=C(/OCCS(C)(C)C)c1c(C)c(F)c(-c2ncc(F)c3sc(NC(=O)OC(C)(C)C)c(C#N)c23)c2c1COC2)N1CCC(C)C1C.CCCC. The first-order valence-electron chi connectivity index (χ1n) is 20.6. The highest BCUT2D eigenvalue weighted by Gasteiger charge is 2.34. The van der Waals surface area contributed by atoms with E-state index in [-0.39, 0.29) is 51.2 Å². The molecule has 1 saturated heterocycles. The number of aromatic nitrogens is 1. The van der Waals surface area contributed by atoms with Gasteiger partial charge in [0.1, 0.15) is 28.3 Å². The zero-order chi connectivity index (χ0) is 43.5. The number of hydrogen-bond donors (Lipinski definition) is 1. The first-order valence-corrected chi connectivity index (χ1v) is 24.5. The maximum absolute atomic E-state index is 17.2.